The van der Waals surface area contributed by atoms with Crippen molar-refractivity contribution in [2.24, 2.45) is 34.5 Å². The highest BCUT2D eigenvalue weighted by Gasteiger charge is 2.69. The number of rotatable bonds is 8. The standard InChI is InChI=1S/C28H38O8/c1-17-13-20-21(26(3)8-5-19(31)14-23(17)26)6-9-27(4)22(20)7-10-28(27,24(32)15-35-18(2)30)36-25(33)16-34-12-11-29/h5,8,14,17,20-22,29H,6-7,9-13,15-16H2,1-4H3/t17-,20+,21-,22-,26+,27-,28-/m0/s1. The van der Waals surface area contributed by atoms with Crippen LogP contribution in [0.4, 0.5) is 0 Å². The molecule has 36 heavy (non-hydrogen) atoms. The molecule has 0 spiro atoms. The molecule has 0 aliphatic heterocycles. The summed E-state index contributed by atoms with van der Waals surface area (Å²) in [7, 11) is 0. The molecule has 0 amide bonds. The van der Waals surface area contributed by atoms with Gasteiger partial charge < -0.3 is 19.3 Å². The highest BCUT2D eigenvalue weighted by Crippen LogP contribution is 2.68. The third-order valence-electron chi connectivity index (χ3n) is 9.60. The summed E-state index contributed by atoms with van der Waals surface area (Å²) in [6.45, 7) is 6.66. The predicted octanol–water partition coefficient (Wildman–Crippen LogP) is 2.96. The van der Waals surface area contributed by atoms with E-state index in [4.69, 9.17) is 19.3 Å². The van der Waals surface area contributed by atoms with E-state index in [-0.39, 0.29) is 42.9 Å². The van der Waals surface area contributed by atoms with Crippen LogP contribution in [0.1, 0.15) is 59.8 Å². The van der Waals surface area contributed by atoms with Gasteiger partial charge in [0.2, 0.25) is 5.78 Å². The van der Waals surface area contributed by atoms with Crippen molar-refractivity contribution < 1.29 is 38.5 Å². The summed E-state index contributed by atoms with van der Waals surface area (Å²) in [5.74, 6) is -0.589. The lowest BCUT2D eigenvalue weighted by molar-refractivity contribution is -0.195. The smallest absolute Gasteiger partial charge is 0.333 e. The van der Waals surface area contributed by atoms with E-state index in [1.54, 1.807) is 6.08 Å². The molecule has 4 aliphatic rings. The van der Waals surface area contributed by atoms with Crippen molar-refractivity contribution in [1.82, 2.24) is 0 Å². The molecule has 0 bridgehead atoms. The maximum Gasteiger partial charge on any atom is 0.333 e. The van der Waals surface area contributed by atoms with Crippen molar-refractivity contribution in [3.63, 3.8) is 0 Å². The predicted molar refractivity (Wildman–Crippen MR) is 130 cm³/mol. The maximum atomic E-state index is 13.7. The second-order valence-electron chi connectivity index (χ2n) is 11.4. The van der Waals surface area contributed by atoms with E-state index < -0.39 is 35.3 Å². The first-order valence-electron chi connectivity index (χ1n) is 13.0. The minimum atomic E-state index is -1.41. The zero-order valence-corrected chi connectivity index (χ0v) is 21.7. The van der Waals surface area contributed by atoms with Gasteiger partial charge in [0, 0.05) is 17.8 Å². The number of carbonyl (C=O) groups excluding carboxylic acids is 4. The van der Waals surface area contributed by atoms with Gasteiger partial charge in [0.15, 0.2) is 18.0 Å². The van der Waals surface area contributed by atoms with E-state index in [2.05, 4.69) is 19.9 Å². The Morgan fingerprint density at radius 2 is 1.83 bits per heavy atom. The molecular formula is C28H38O8. The fraction of sp³-hybridized carbons (Fsp3) is 0.714. The number of hydrogen-bond acceptors (Lipinski definition) is 8. The van der Waals surface area contributed by atoms with Crippen LogP contribution in [-0.4, -0.2) is 60.6 Å². The van der Waals surface area contributed by atoms with Gasteiger partial charge in [-0.05, 0) is 67.9 Å². The Balaban J connectivity index is 1.66. The van der Waals surface area contributed by atoms with Gasteiger partial charge in [0.1, 0.15) is 6.61 Å². The highest BCUT2D eigenvalue weighted by atomic mass is 16.6. The second-order valence-corrected chi connectivity index (χ2v) is 11.4. The van der Waals surface area contributed by atoms with E-state index in [1.807, 2.05) is 13.0 Å². The Morgan fingerprint density at radius 3 is 2.53 bits per heavy atom. The van der Waals surface area contributed by atoms with Crippen LogP contribution in [0.15, 0.2) is 23.8 Å². The summed E-state index contributed by atoms with van der Waals surface area (Å²) in [6.07, 6.45) is 9.07. The van der Waals surface area contributed by atoms with E-state index >= 15 is 0 Å². The first kappa shape index (κ1) is 26.7. The monoisotopic (exact) mass is 502 g/mol. The van der Waals surface area contributed by atoms with Gasteiger partial charge in [-0.25, -0.2) is 4.79 Å². The van der Waals surface area contributed by atoms with Gasteiger partial charge in [-0.2, -0.15) is 0 Å². The van der Waals surface area contributed by atoms with Crippen LogP contribution in [0.25, 0.3) is 0 Å². The van der Waals surface area contributed by atoms with Gasteiger partial charge in [-0.3, -0.25) is 14.4 Å². The molecule has 3 saturated carbocycles. The van der Waals surface area contributed by atoms with Crippen LogP contribution in [0.2, 0.25) is 0 Å². The summed E-state index contributed by atoms with van der Waals surface area (Å²) < 4.78 is 16.2. The van der Waals surface area contributed by atoms with Crippen LogP contribution in [-0.2, 0) is 33.4 Å². The molecule has 198 valence electrons. The Bertz CT molecular complexity index is 998. The molecule has 0 aromatic heterocycles. The lowest BCUT2D eigenvalue weighted by Gasteiger charge is -2.59. The zero-order chi connectivity index (χ0) is 26.3. The summed E-state index contributed by atoms with van der Waals surface area (Å²) in [5.41, 5.74) is -1.04. The largest absolute Gasteiger partial charge is 0.458 e. The second kappa shape index (κ2) is 9.86. The Hall–Kier alpha value is -2.32. The number of carbonyl (C=O) groups is 4. The van der Waals surface area contributed by atoms with Crippen molar-refractivity contribution in [3.05, 3.63) is 23.8 Å². The van der Waals surface area contributed by atoms with E-state index in [0.29, 0.717) is 24.7 Å². The third-order valence-corrected chi connectivity index (χ3v) is 9.60. The van der Waals surface area contributed by atoms with Gasteiger partial charge in [-0.1, -0.05) is 32.4 Å². The van der Waals surface area contributed by atoms with Crippen LogP contribution in [0.5, 0.6) is 0 Å². The van der Waals surface area contributed by atoms with Gasteiger partial charge in [-0.15, -0.1) is 0 Å². The molecule has 8 nitrogen and oxygen atoms in total. The molecule has 4 rings (SSSR count). The van der Waals surface area contributed by atoms with E-state index in [1.165, 1.54) is 12.5 Å². The van der Waals surface area contributed by atoms with Gasteiger partial charge in [0.25, 0.3) is 0 Å². The normalized spacial score (nSPS) is 38.9. The van der Waals surface area contributed by atoms with Crippen LogP contribution < -0.4 is 0 Å². The average molecular weight is 503 g/mol. The first-order valence-corrected chi connectivity index (χ1v) is 13.0. The number of fused-ring (bicyclic) bond motifs is 5. The topological polar surface area (TPSA) is 116 Å². The Labute approximate surface area is 212 Å². The van der Waals surface area contributed by atoms with Gasteiger partial charge in [0.05, 0.1) is 13.2 Å². The summed E-state index contributed by atoms with van der Waals surface area (Å²) >= 11 is 0. The van der Waals surface area contributed by atoms with Crippen molar-refractivity contribution in [1.29, 1.82) is 0 Å². The minimum absolute atomic E-state index is 0.00448. The fourth-order valence-corrected chi connectivity index (χ4v) is 8.02. The molecule has 0 radical (unpaired) electrons. The first-order chi connectivity index (χ1) is 17.0. The number of Topliss-reactive ketones (excluding diaryl/α,β-unsaturated/α-hetero) is 1. The SMILES string of the molecule is CC(=O)OCC(=O)[C@@]1(OC(=O)COCCO)CC[C@H]2[C@@H]3C[C@H](C)C4=CC(=O)C=C[C@]4(C)[C@H]3CC[C@@]21C. The molecule has 1 N–H and O–H groups in total. The number of ether oxygens (including phenoxy) is 3. The minimum Gasteiger partial charge on any atom is -0.458 e. The quantitative estimate of drug-likeness (QED) is 0.398. The molecule has 7 atom stereocenters. The van der Waals surface area contributed by atoms with E-state index in [0.717, 1.165) is 19.3 Å². The van der Waals surface area contributed by atoms with Crippen molar-refractivity contribution in [2.45, 2.75) is 65.4 Å². The molecule has 8 heteroatoms. The molecule has 3 fully saturated rings. The molecule has 0 unspecified atom stereocenters. The highest BCUT2D eigenvalue weighted by molar-refractivity contribution is 6.01. The Kier molecular flexibility index (Phi) is 7.32. The van der Waals surface area contributed by atoms with Gasteiger partial charge >= 0.3 is 11.9 Å². The third kappa shape index (κ3) is 4.26. The lowest BCUT2D eigenvalue weighted by atomic mass is 9.45. The maximum absolute atomic E-state index is 13.7. The summed E-state index contributed by atoms with van der Waals surface area (Å²) in [4.78, 5) is 50.1. The van der Waals surface area contributed by atoms with Crippen LogP contribution in [0, 0.1) is 34.5 Å². The lowest BCUT2D eigenvalue weighted by Crippen LogP contribution is -2.60. The number of hydrogen-bond donors (Lipinski definition) is 1. The van der Waals surface area contributed by atoms with Crippen molar-refractivity contribution in [2.75, 3.05) is 26.4 Å². The summed E-state index contributed by atoms with van der Waals surface area (Å²) in [5, 5.41) is 8.96. The van der Waals surface area contributed by atoms with Crippen LogP contribution >= 0.6 is 0 Å². The molecule has 0 saturated heterocycles. The number of esters is 2. The molecular weight excluding hydrogens is 464 g/mol. The molecule has 4 aliphatic carbocycles. The number of aliphatic hydroxyl groups excluding tert-OH is 1. The number of aliphatic hydroxyl groups is 1. The van der Waals surface area contributed by atoms with Crippen LogP contribution in [0.3, 0.4) is 0 Å². The molecule has 0 aromatic rings. The van der Waals surface area contributed by atoms with E-state index in [9.17, 15) is 19.2 Å². The number of ketones is 2. The van der Waals surface area contributed by atoms with Crippen molar-refractivity contribution >= 4 is 23.5 Å². The molecule has 0 heterocycles. The molecule has 0 aromatic carbocycles. The zero-order valence-electron chi connectivity index (χ0n) is 21.7. The summed E-state index contributed by atoms with van der Waals surface area (Å²) in [6, 6.07) is 0. The fourth-order valence-electron chi connectivity index (χ4n) is 8.02. The Morgan fingerprint density at radius 1 is 1.11 bits per heavy atom. The number of allylic oxidation sites excluding steroid dienone is 4. The van der Waals surface area contributed by atoms with Crippen molar-refractivity contribution in [3.8, 4) is 0 Å². The average Bonchev–Trinajstić information content (AvgIpc) is 3.12.